The number of aromatic nitrogens is 2. The SMILES string of the molecule is CCc1ccc([C@@H](NCC(=O)Nc2ccc3[nH]c(=O)[nH]c3c2)c2cccc(F)c2)cc1. The molecule has 6 nitrogen and oxygen atoms in total. The van der Waals surface area contributed by atoms with Crippen LogP contribution in [0.4, 0.5) is 10.1 Å². The van der Waals surface area contributed by atoms with Crippen LogP contribution >= 0.6 is 0 Å². The van der Waals surface area contributed by atoms with Crippen molar-refractivity contribution in [3.05, 3.63) is 99.7 Å². The summed E-state index contributed by atoms with van der Waals surface area (Å²) >= 11 is 0. The van der Waals surface area contributed by atoms with E-state index in [9.17, 15) is 14.0 Å². The summed E-state index contributed by atoms with van der Waals surface area (Å²) in [5.41, 5.74) is 4.45. The van der Waals surface area contributed by atoms with Crippen molar-refractivity contribution >= 4 is 22.6 Å². The van der Waals surface area contributed by atoms with Crippen LogP contribution in [0.2, 0.25) is 0 Å². The number of nitrogens with one attached hydrogen (secondary N) is 4. The first-order valence-corrected chi connectivity index (χ1v) is 10.1. The van der Waals surface area contributed by atoms with Gasteiger partial charge in [-0.05, 0) is 53.4 Å². The molecule has 1 aromatic heterocycles. The van der Waals surface area contributed by atoms with Crippen molar-refractivity contribution in [2.45, 2.75) is 19.4 Å². The standard InChI is InChI=1S/C24H23FN4O2/c1-2-15-6-8-16(9-7-15)23(17-4-3-5-18(25)12-17)26-14-22(30)27-19-10-11-20-21(13-19)29-24(31)28-20/h3-13,23,26H,2,14H2,1H3,(H,27,30)(H2,28,29,31)/t23-/m1/s1. The minimum Gasteiger partial charge on any atom is -0.325 e. The summed E-state index contributed by atoms with van der Waals surface area (Å²) in [4.78, 5) is 29.3. The molecular weight excluding hydrogens is 395 g/mol. The second-order valence-electron chi connectivity index (χ2n) is 7.35. The first-order chi connectivity index (χ1) is 15.0. The molecule has 0 aliphatic rings. The molecule has 3 aromatic carbocycles. The van der Waals surface area contributed by atoms with Crippen molar-refractivity contribution in [3.8, 4) is 0 Å². The Labute approximate surface area is 178 Å². The Kier molecular flexibility index (Phi) is 5.95. The van der Waals surface area contributed by atoms with Crippen molar-refractivity contribution < 1.29 is 9.18 Å². The quantitative estimate of drug-likeness (QED) is 0.367. The number of aryl methyl sites for hydroxylation is 1. The lowest BCUT2D eigenvalue weighted by Crippen LogP contribution is -2.32. The Morgan fingerprint density at radius 3 is 2.48 bits per heavy atom. The summed E-state index contributed by atoms with van der Waals surface area (Å²) in [5.74, 6) is -0.573. The predicted octanol–water partition coefficient (Wildman–Crippen LogP) is 3.88. The molecule has 1 amide bonds. The van der Waals surface area contributed by atoms with Crippen LogP contribution in [0.15, 0.2) is 71.5 Å². The van der Waals surface area contributed by atoms with Crippen LogP contribution in [0.3, 0.4) is 0 Å². The van der Waals surface area contributed by atoms with Crippen molar-refractivity contribution in [2.24, 2.45) is 0 Å². The van der Waals surface area contributed by atoms with Gasteiger partial charge in [-0.3, -0.25) is 10.1 Å². The highest BCUT2D eigenvalue weighted by Crippen LogP contribution is 2.23. The molecule has 4 rings (SSSR count). The number of carbonyl (C=O) groups excluding carboxylic acids is 1. The molecule has 0 aliphatic heterocycles. The van der Waals surface area contributed by atoms with E-state index in [-0.39, 0.29) is 30.0 Å². The molecule has 0 fully saturated rings. The smallest absolute Gasteiger partial charge is 0.323 e. The number of imidazole rings is 1. The molecule has 31 heavy (non-hydrogen) atoms. The normalized spacial score (nSPS) is 12.1. The van der Waals surface area contributed by atoms with E-state index in [1.54, 1.807) is 24.3 Å². The second-order valence-corrected chi connectivity index (χ2v) is 7.35. The maximum Gasteiger partial charge on any atom is 0.323 e. The fourth-order valence-corrected chi connectivity index (χ4v) is 3.57. The van der Waals surface area contributed by atoms with Crippen LogP contribution in [0, 0.1) is 5.82 Å². The molecule has 0 radical (unpaired) electrons. The molecule has 1 heterocycles. The number of hydrogen-bond acceptors (Lipinski definition) is 3. The van der Waals surface area contributed by atoms with Gasteiger partial charge in [0.1, 0.15) is 5.82 Å². The average molecular weight is 418 g/mol. The Morgan fingerprint density at radius 1 is 0.968 bits per heavy atom. The van der Waals surface area contributed by atoms with E-state index >= 15 is 0 Å². The Morgan fingerprint density at radius 2 is 1.74 bits per heavy atom. The zero-order chi connectivity index (χ0) is 21.8. The predicted molar refractivity (Wildman–Crippen MR) is 120 cm³/mol. The van der Waals surface area contributed by atoms with Gasteiger partial charge in [0.05, 0.1) is 23.6 Å². The molecule has 0 bridgehead atoms. The summed E-state index contributed by atoms with van der Waals surface area (Å²) in [6, 6.07) is 19.2. The number of hydrogen-bond donors (Lipinski definition) is 4. The molecule has 0 saturated carbocycles. The van der Waals surface area contributed by atoms with Crippen LogP contribution in [0.25, 0.3) is 11.0 Å². The minimum absolute atomic E-state index is 0.0262. The number of H-pyrrole nitrogens is 2. The van der Waals surface area contributed by atoms with Crippen LogP contribution < -0.4 is 16.3 Å². The van der Waals surface area contributed by atoms with Gasteiger partial charge >= 0.3 is 5.69 Å². The Bertz CT molecular complexity index is 1260. The van der Waals surface area contributed by atoms with Gasteiger partial charge in [-0.25, -0.2) is 9.18 Å². The van der Waals surface area contributed by atoms with Gasteiger partial charge in [-0.1, -0.05) is 43.3 Å². The van der Waals surface area contributed by atoms with Gasteiger partial charge in [0.2, 0.25) is 5.91 Å². The summed E-state index contributed by atoms with van der Waals surface area (Å²) in [7, 11) is 0. The van der Waals surface area contributed by atoms with Gasteiger partial charge in [0.25, 0.3) is 0 Å². The molecule has 0 aliphatic carbocycles. The first kappa shape index (κ1) is 20.6. The number of fused-ring (bicyclic) bond motifs is 1. The van der Waals surface area contributed by atoms with Crippen molar-refractivity contribution in [1.82, 2.24) is 15.3 Å². The molecule has 0 unspecified atom stereocenters. The maximum atomic E-state index is 13.8. The van der Waals surface area contributed by atoms with Gasteiger partial charge < -0.3 is 15.3 Å². The average Bonchev–Trinajstić information content (AvgIpc) is 3.13. The lowest BCUT2D eigenvalue weighted by Gasteiger charge is -2.20. The van der Waals surface area contributed by atoms with Crippen molar-refractivity contribution in [3.63, 3.8) is 0 Å². The fraction of sp³-hybridized carbons (Fsp3) is 0.167. The minimum atomic E-state index is -0.337. The van der Waals surface area contributed by atoms with Gasteiger partial charge in [-0.2, -0.15) is 0 Å². The first-order valence-electron chi connectivity index (χ1n) is 10.1. The molecule has 7 heteroatoms. The zero-order valence-electron chi connectivity index (χ0n) is 17.0. The molecule has 4 N–H and O–H groups in total. The summed E-state index contributed by atoms with van der Waals surface area (Å²) in [6.07, 6.45) is 0.928. The molecule has 0 saturated heterocycles. The molecule has 1 atom stereocenters. The largest absolute Gasteiger partial charge is 0.325 e. The van der Waals surface area contributed by atoms with Gasteiger partial charge in [-0.15, -0.1) is 0 Å². The van der Waals surface area contributed by atoms with Crippen molar-refractivity contribution in [1.29, 1.82) is 0 Å². The van der Waals surface area contributed by atoms with E-state index < -0.39 is 0 Å². The highest BCUT2D eigenvalue weighted by molar-refractivity contribution is 5.94. The number of carbonyl (C=O) groups is 1. The van der Waals surface area contributed by atoms with Crippen LogP contribution in [-0.4, -0.2) is 22.4 Å². The Balaban J connectivity index is 1.50. The number of anilines is 1. The van der Waals surface area contributed by atoms with Crippen LogP contribution in [0.1, 0.15) is 29.7 Å². The maximum absolute atomic E-state index is 13.8. The van der Waals surface area contributed by atoms with Gasteiger partial charge in [0.15, 0.2) is 0 Å². The highest BCUT2D eigenvalue weighted by atomic mass is 19.1. The Hall–Kier alpha value is -3.71. The second kappa shape index (κ2) is 8.97. The van der Waals surface area contributed by atoms with E-state index in [0.717, 1.165) is 17.5 Å². The van der Waals surface area contributed by atoms with Crippen molar-refractivity contribution in [2.75, 3.05) is 11.9 Å². The third-order valence-electron chi connectivity index (χ3n) is 5.17. The number of rotatable bonds is 7. The van der Waals surface area contributed by atoms with E-state index in [4.69, 9.17) is 0 Å². The van der Waals surface area contributed by atoms with E-state index in [1.807, 2.05) is 30.3 Å². The molecular formula is C24H23FN4O2. The van der Waals surface area contributed by atoms with E-state index in [2.05, 4.69) is 27.5 Å². The molecule has 158 valence electrons. The lowest BCUT2D eigenvalue weighted by molar-refractivity contribution is -0.115. The number of halogens is 1. The third-order valence-corrected chi connectivity index (χ3v) is 5.17. The zero-order valence-corrected chi connectivity index (χ0v) is 17.0. The monoisotopic (exact) mass is 418 g/mol. The number of amides is 1. The van der Waals surface area contributed by atoms with Crippen LogP contribution in [-0.2, 0) is 11.2 Å². The molecule has 4 aromatic rings. The van der Waals surface area contributed by atoms with Crippen LogP contribution in [0.5, 0.6) is 0 Å². The highest BCUT2D eigenvalue weighted by Gasteiger charge is 2.16. The van der Waals surface area contributed by atoms with E-state index in [1.165, 1.54) is 17.7 Å². The summed E-state index contributed by atoms with van der Waals surface area (Å²) < 4.78 is 13.8. The number of aromatic amines is 2. The lowest BCUT2D eigenvalue weighted by atomic mass is 9.97. The van der Waals surface area contributed by atoms with Gasteiger partial charge in [0, 0.05) is 5.69 Å². The summed E-state index contributed by atoms with van der Waals surface area (Å²) in [6.45, 7) is 2.11. The summed E-state index contributed by atoms with van der Waals surface area (Å²) in [5, 5.41) is 6.06. The fourth-order valence-electron chi connectivity index (χ4n) is 3.57. The number of benzene rings is 3. The third kappa shape index (κ3) is 4.90. The molecule has 0 spiro atoms. The topological polar surface area (TPSA) is 89.8 Å². The van der Waals surface area contributed by atoms with E-state index in [0.29, 0.717) is 16.7 Å².